The lowest BCUT2D eigenvalue weighted by Crippen LogP contribution is -2.20. The largest absolute Gasteiger partial charge is 0.305 e. The van der Waals surface area contributed by atoms with Crippen molar-refractivity contribution in [3.05, 3.63) is 304 Å². The van der Waals surface area contributed by atoms with Crippen molar-refractivity contribution in [2.45, 2.75) is 0 Å². The van der Waals surface area contributed by atoms with Crippen molar-refractivity contribution in [2.75, 3.05) is 0 Å². The first-order chi connectivity index (χ1) is 44.3. The van der Waals surface area contributed by atoms with Gasteiger partial charge in [0.15, 0.2) is 0 Å². The molecule has 414 valence electrons. The third-order valence-corrected chi connectivity index (χ3v) is 19.0. The number of hydrogen-bond donors (Lipinski definition) is 0. The molecule has 7 heterocycles. The maximum atomic E-state index is 5.42. The van der Waals surface area contributed by atoms with E-state index < -0.39 is 0 Å². The summed E-state index contributed by atoms with van der Waals surface area (Å²) in [4.78, 5) is 5.42. The van der Waals surface area contributed by atoms with E-state index in [0.717, 1.165) is 160 Å². The molecule has 20 rings (SSSR count). The highest BCUT2D eigenvalue weighted by atomic mass is 15.2. The Bertz CT molecular complexity index is 5900. The van der Waals surface area contributed by atoms with Gasteiger partial charge in [-0.1, -0.05) is 212 Å². The van der Waals surface area contributed by atoms with E-state index in [1.165, 1.54) is 10.8 Å². The molecule has 0 saturated heterocycles. The minimum absolute atomic E-state index is 0.889. The van der Waals surface area contributed by atoms with Crippen molar-refractivity contribution in [1.29, 1.82) is 0 Å². The third kappa shape index (κ3) is 6.42. The van der Waals surface area contributed by atoms with Crippen molar-refractivity contribution >= 4 is 131 Å². The van der Waals surface area contributed by atoms with Gasteiger partial charge in [-0.3, -0.25) is 13.7 Å². The van der Waals surface area contributed by atoms with Crippen molar-refractivity contribution in [3.8, 4) is 39.8 Å². The number of benzene rings is 13. The highest BCUT2D eigenvalue weighted by Crippen LogP contribution is 2.54. The first kappa shape index (κ1) is 48.1. The van der Waals surface area contributed by atoms with Crippen LogP contribution in [0.25, 0.3) is 171 Å². The topological polar surface area (TPSA) is 47.4 Å². The molecule has 0 radical (unpaired) electrons. The zero-order valence-corrected chi connectivity index (χ0v) is 47.9. The summed E-state index contributed by atoms with van der Waals surface area (Å²) < 4.78 is 18.0. The minimum Gasteiger partial charge on any atom is -0.305 e. The molecule has 8 heteroatoms. The number of nitrogens with zero attached hydrogens (tertiary/aromatic N) is 8. The van der Waals surface area contributed by atoms with E-state index >= 15 is 0 Å². The number of para-hydroxylation sites is 13. The Morgan fingerprint density at radius 1 is 0.191 bits per heavy atom. The molecule has 13 aromatic carbocycles. The number of aromatic nitrogens is 8. The van der Waals surface area contributed by atoms with Gasteiger partial charge >= 0.3 is 0 Å². The Kier molecular flexibility index (Phi) is 9.84. The Morgan fingerprint density at radius 2 is 0.438 bits per heavy atom. The molecule has 0 N–H and O–H groups in total. The molecule has 0 amide bonds. The van der Waals surface area contributed by atoms with Gasteiger partial charge in [0.1, 0.15) is 17.7 Å². The molecule has 0 saturated carbocycles. The molecule has 89 heavy (non-hydrogen) atoms. The molecule has 0 unspecified atom stereocenters. The van der Waals surface area contributed by atoms with Crippen LogP contribution in [0.1, 0.15) is 0 Å². The molecule has 0 fully saturated rings. The van der Waals surface area contributed by atoms with Crippen molar-refractivity contribution < 1.29 is 0 Å². The molecular formula is C81H50N8. The predicted molar refractivity (Wildman–Crippen MR) is 370 cm³/mol. The first-order valence-corrected chi connectivity index (χ1v) is 30.5. The zero-order valence-electron chi connectivity index (χ0n) is 47.9. The summed E-state index contributed by atoms with van der Waals surface area (Å²) in [5.74, 6) is 0. The molecular weight excluding hydrogens is 1080 g/mol. The van der Waals surface area contributed by atoms with Gasteiger partial charge in [0.25, 0.3) is 0 Å². The normalized spacial score (nSPS) is 12.3. The number of hydrogen-bond acceptors (Lipinski definition) is 1. The summed E-state index contributed by atoms with van der Waals surface area (Å²) in [7, 11) is 0. The van der Waals surface area contributed by atoms with Crippen LogP contribution >= 0.6 is 0 Å². The summed E-state index contributed by atoms with van der Waals surface area (Å²) in [6.45, 7) is 0. The molecule has 0 atom stereocenters. The Labute approximate surface area is 508 Å². The SMILES string of the molecule is c1ccc(-n2c3ccccc3c3c4ccccc4n(-c4c(-n5c6ccccc6c6ccccc65)c(-n5c6ccccc6c6ccccc65)c(-n5cnc6ccccc65)c(-n5c6ccccc6c6ccccc65)c4-n4c5ccccc5c5ccccc54)c32)cc1. The number of rotatable bonds is 7. The maximum Gasteiger partial charge on any atom is 0.131 e. The van der Waals surface area contributed by atoms with Gasteiger partial charge in [0.2, 0.25) is 0 Å². The second-order valence-electron chi connectivity index (χ2n) is 23.4. The van der Waals surface area contributed by atoms with E-state index in [0.29, 0.717) is 0 Å². The zero-order chi connectivity index (χ0) is 58.0. The average Bonchev–Trinajstić information content (AvgIpc) is 1.64. The highest BCUT2D eigenvalue weighted by molar-refractivity contribution is 6.24. The van der Waals surface area contributed by atoms with E-state index in [1.807, 2.05) is 0 Å². The van der Waals surface area contributed by atoms with Gasteiger partial charge in [-0.05, 0) is 84.9 Å². The monoisotopic (exact) mass is 1130 g/mol. The molecule has 0 spiro atoms. The van der Waals surface area contributed by atoms with Gasteiger partial charge in [-0.25, -0.2) is 4.98 Å². The average molecular weight is 1140 g/mol. The number of imidazole rings is 1. The molecule has 8 nitrogen and oxygen atoms in total. The van der Waals surface area contributed by atoms with E-state index in [2.05, 4.69) is 336 Å². The van der Waals surface area contributed by atoms with Crippen LogP contribution in [0.4, 0.5) is 0 Å². The third-order valence-electron chi connectivity index (χ3n) is 19.0. The van der Waals surface area contributed by atoms with E-state index in [4.69, 9.17) is 4.98 Å². The van der Waals surface area contributed by atoms with Crippen LogP contribution in [0.5, 0.6) is 0 Å². The van der Waals surface area contributed by atoms with Crippen LogP contribution in [0.2, 0.25) is 0 Å². The van der Waals surface area contributed by atoms with E-state index in [1.54, 1.807) is 0 Å². The lowest BCUT2D eigenvalue weighted by molar-refractivity contribution is 0.950. The Hall–Kier alpha value is -12.1. The molecule has 0 aliphatic rings. The molecule has 0 aliphatic carbocycles. The molecule has 0 aliphatic heterocycles. The summed E-state index contributed by atoms with van der Waals surface area (Å²) in [6, 6.07) is 110. The van der Waals surface area contributed by atoms with E-state index in [-0.39, 0.29) is 0 Å². The smallest absolute Gasteiger partial charge is 0.131 e. The van der Waals surface area contributed by atoms with Gasteiger partial charge in [-0.15, -0.1) is 0 Å². The lowest BCUT2D eigenvalue weighted by Gasteiger charge is -2.32. The predicted octanol–water partition coefficient (Wildman–Crippen LogP) is 20.5. The van der Waals surface area contributed by atoms with Gasteiger partial charge in [0, 0.05) is 64.9 Å². The van der Waals surface area contributed by atoms with Crippen LogP contribution in [-0.2, 0) is 0 Å². The van der Waals surface area contributed by atoms with Crippen molar-refractivity contribution in [2.24, 2.45) is 0 Å². The van der Waals surface area contributed by atoms with Gasteiger partial charge in [0.05, 0.1) is 94.6 Å². The summed E-state index contributed by atoms with van der Waals surface area (Å²) in [5.41, 5.74) is 20.6. The summed E-state index contributed by atoms with van der Waals surface area (Å²) >= 11 is 0. The Morgan fingerprint density at radius 3 is 0.787 bits per heavy atom. The standard InChI is InChI=1S/C81H50N8/c1-2-26-51(27-3-1)84-71-47-23-12-36-60(71)74-61-37-13-24-48-72(61)89(81(74)84)80-78(87-67-43-19-8-32-56(67)57-33-9-20-44-68(57)87)76(85-63-39-15-4-28-52(63)53-29-5-16-40-64(53)85)75(83-50-82-62-38-14-25-49-73(62)83)77(86-65-41-17-6-30-54(65)55-31-7-18-42-66(55)86)79(80)88-69-45-21-10-34-58(69)59-35-11-22-46-70(59)88/h1-50H. The first-order valence-electron chi connectivity index (χ1n) is 30.5. The fourth-order valence-corrected chi connectivity index (χ4v) is 15.5. The quantitative estimate of drug-likeness (QED) is 0.157. The van der Waals surface area contributed by atoms with Gasteiger partial charge < -0.3 is 18.3 Å². The maximum absolute atomic E-state index is 5.42. The van der Waals surface area contributed by atoms with Crippen LogP contribution in [0, 0.1) is 0 Å². The summed E-state index contributed by atoms with van der Waals surface area (Å²) in [6.07, 6.45) is 2.08. The van der Waals surface area contributed by atoms with Crippen LogP contribution in [0.15, 0.2) is 304 Å². The summed E-state index contributed by atoms with van der Waals surface area (Å²) in [5, 5.41) is 12.7. The van der Waals surface area contributed by atoms with Crippen LogP contribution in [0.3, 0.4) is 0 Å². The van der Waals surface area contributed by atoms with Crippen molar-refractivity contribution in [1.82, 2.24) is 37.0 Å². The molecule has 20 aromatic rings. The fraction of sp³-hybridized carbons (Fsp3) is 0. The van der Waals surface area contributed by atoms with Crippen molar-refractivity contribution in [3.63, 3.8) is 0 Å². The second kappa shape index (κ2) is 18.2. The fourth-order valence-electron chi connectivity index (χ4n) is 15.5. The van der Waals surface area contributed by atoms with E-state index in [9.17, 15) is 0 Å². The Balaban J connectivity index is 1.21. The number of fused-ring (bicyclic) bond motifs is 18. The minimum atomic E-state index is 0.889. The van der Waals surface area contributed by atoms with Gasteiger partial charge in [-0.2, -0.15) is 0 Å². The van der Waals surface area contributed by atoms with Crippen LogP contribution < -0.4 is 0 Å². The lowest BCUT2D eigenvalue weighted by atomic mass is 10.0. The molecule has 0 bridgehead atoms. The van der Waals surface area contributed by atoms with Crippen LogP contribution in [-0.4, -0.2) is 37.0 Å². The second-order valence-corrected chi connectivity index (χ2v) is 23.4. The molecule has 7 aromatic heterocycles. The highest BCUT2D eigenvalue weighted by Gasteiger charge is 2.38.